The Morgan fingerprint density at radius 1 is 1.08 bits per heavy atom. The lowest BCUT2D eigenvalue weighted by molar-refractivity contribution is -0.143. The predicted octanol–water partition coefficient (Wildman–Crippen LogP) is 5.83. The normalized spacial score (nSPS) is 18.6. The number of unbranched alkanes of at least 4 members (excludes halogenated alkanes) is 2. The molecule has 0 aliphatic heterocycles. The Morgan fingerprint density at radius 2 is 1.68 bits per heavy atom. The van der Waals surface area contributed by atoms with Gasteiger partial charge in [-0.2, -0.15) is 0 Å². The van der Waals surface area contributed by atoms with Gasteiger partial charge in [0.05, 0.1) is 0 Å². The highest BCUT2D eigenvalue weighted by Crippen LogP contribution is 2.41. The van der Waals surface area contributed by atoms with E-state index in [0.29, 0.717) is 13.0 Å². The van der Waals surface area contributed by atoms with Gasteiger partial charge in [0.2, 0.25) is 11.8 Å². The molecule has 0 radical (unpaired) electrons. The topological polar surface area (TPSA) is 87.7 Å². The zero-order chi connectivity index (χ0) is 27.9. The first-order valence-electron chi connectivity index (χ1n) is 13.9. The lowest BCUT2D eigenvalue weighted by atomic mass is 9.96. The van der Waals surface area contributed by atoms with E-state index < -0.39 is 23.8 Å². The van der Waals surface area contributed by atoms with Gasteiger partial charge in [0, 0.05) is 12.6 Å². The number of amides is 3. The van der Waals surface area contributed by atoms with E-state index in [-0.39, 0.29) is 29.7 Å². The molecule has 0 aromatic heterocycles. The molecule has 1 aliphatic carbocycles. The summed E-state index contributed by atoms with van der Waals surface area (Å²) in [6.45, 7) is 18.2. The fourth-order valence-corrected chi connectivity index (χ4v) is 4.78. The summed E-state index contributed by atoms with van der Waals surface area (Å²) in [4.78, 5) is 42.5. The predicted molar refractivity (Wildman–Crippen MR) is 148 cm³/mol. The summed E-state index contributed by atoms with van der Waals surface area (Å²) in [6.07, 6.45) is 3.65. The molecular formula is C30H49N3O4. The minimum atomic E-state index is -0.788. The molecule has 7 heteroatoms. The second kappa shape index (κ2) is 13.3. The van der Waals surface area contributed by atoms with Crippen LogP contribution in [0.15, 0.2) is 18.2 Å². The van der Waals surface area contributed by atoms with Crippen LogP contribution < -0.4 is 10.6 Å². The fraction of sp³-hybridized carbons (Fsp3) is 0.700. The van der Waals surface area contributed by atoms with Crippen LogP contribution in [-0.4, -0.2) is 47.0 Å². The van der Waals surface area contributed by atoms with Gasteiger partial charge in [-0.25, -0.2) is 4.79 Å². The SMILES string of the molecule is CCCCCNC(=O)C(c1cc(C)cc(C)c1)N(C(=O)C(CC(C)C)NC(=O)OC(C)(C)C)C1CC1C. The van der Waals surface area contributed by atoms with Gasteiger partial charge in [-0.3, -0.25) is 9.59 Å². The van der Waals surface area contributed by atoms with Crippen LogP contribution in [0.25, 0.3) is 0 Å². The molecule has 37 heavy (non-hydrogen) atoms. The molecule has 1 aromatic carbocycles. The monoisotopic (exact) mass is 515 g/mol. The average molecular weight is 516 g/mol. The summed E-state index contributed by atoms with van der Waals surface area (Å²) in [7, 11) is 0. The van der Waals surface area contributed by atoms with Crippen molar-refractivity contribution >= 4 is 17.9 Å². The van der Waals surface area contributed by atoms with Crippen molar-refractivity contribution in [3.8, 4) is 0 Å². The molecule has 2 rings (SSSR count). The fourth-order valence-electron chi connectivity index (χ4n) is 4.78. The van der Waals surface area contributed by atoms with Gasteiger partial charge in [-0.1, -0.05) is 69.9 Å². The second-order valence-electron chi connectivity index (χ2n) is 12.2. The Morgan fingerprint density at radius 3 is 2.16 bits per heavy atom. The van der Waals surface area contributed by atoms with Crippen molar-refractivity contribution in [2.75, 3.05) is 6.54 Å². The van der Waals surface area contributed by atoms with E-state index in [4.69, 9.17) is 4.74 Å². The molecule has 3 amide bonds. The van der Waals surface area contributed by atoms with Gasteiger partial charge in [-0.05, 0) is 71.3 Å². The average Bonchev–Trinajstić information content (AvgIpc) is 3.47. The van der Waals surface area contributed by atoms with E-state index in [1.165, 1.54) is 0 Å². The molecular weight excluding hydrogens is 466 g/mol. The minimum absolute atomic E-state index is 0.0604. The quantitative estimate of drug-likeness (QED) is 0.343. The number of carbonyl (C=O) groups is 3. The number of rotatable bonds is 12. The smallest absolute Gasteiger partial charge is 0.408 e. The van der Waals surface area contributed by atoms with Crippen molar-refractivity contribution in [1.29, 1.82) is 0 Å². The Hall–Kier alpha value is -2.57. The molecule has 2 N–H and O–H groups in total. The second-order valence-corrected chi connectivity index (χ2v) is 12.2. The summed E-state index contributed by atoms with van der Waals surface area (Å²) in [5.41, 5.74) is 2.21. The number of alkyl carbamates (subject to hydrolysis) is 1. The van der Waals surface area contributed by atoms with Crippen LogP contribution >= 0.6 is 0 Å². The number of hydrogen-bond donors (Lipinski definition) is 2. The number of ether oxygens (including phenoxy) is 1. The summed E-state index contributed by atoms with van der Waals surface area (Å²) >= 11 is 0. The first-order valence-corrected chi connectivity index (χ1v) is 13.9. The Balaban J connectivity index is 2.48. The zero-order valence-corrected chi connectivity index (χ0v) is 24.4. The van der Waals surface area contributed by atoms with Crippen molar-refractivity contribution in [2.24, 2.45) is 11.8 Å². The van der Waals surface area contributed by atoms with Gasteiger partial charge in [0.15, 0.2) is 0 Å². The van der Waals surface area contributed by atoms with Crippen molar-refractivity contribution in [3.63, 3.8) is 0 Å². The van der Waals surface area contributed by atoms with E-state index in [0.717, 1.165) is 42.4 Å². The number of aryl methyl sites for hydroxylation is 2. The number of hydrogen-bond acceptors (Lipinski definition) is 4. The molecule has 0 spiro atoms. The van der Waals surface area contributed by atoms with E-state index in [9.17, 15) is 14.4 Å². The molecule has 7 nitrogen and oxygen atoms in total. The highest BCUT2D eigenvalue weighted by atomic mass is 16.6. The van der Waals surface area contributed by atoms with Gasteiger partial charge < -0.3 is 20.3 Å². The van der Waals surface area contributed by atoms with Crippen LogP contribution in [0.2, 0.25) is 0 Å². The van der Waals surface area contributed by atoms with Crippen molar-refractivity contribution < 1.29 is 19.1 Å². The maximum Gasteiger partial charge on any atom is 0.408 e. The van der Waals surface area contributed by atoms with Gasteiger partial charge >= 0.3 is 6.09 Å². The minimum Gasteiger partial charge on any atom is -0.444 e. The largest absolute Gasteiger partial charge is 0.444 e. The zero-order valence-electron chi connectivity index (χ0n) is 24.4. The van der Waals surface area contributed by atoms with Crippen molar-refractivity contribution in [1.82, 2.24) is 15.5 Å². The highest BCUT2D eigenvalue weighted by Gasteiger charge is 2.48. The molecule has 1 saturated carbocycles. The maximum absolute atomic E-state index is 14.2. The van der Waals surface area contributed by atoms with E-state index in [2.05, 4.69) is 30.5 Å². The van der Waals surface area contributed by atoms with Crippen LogP contribution in [0.1, 0.15) is 103 Å². The summed E-state index contributed by atoms with van der Waals surface area (Å²) in [5, 5.41) is 5.92. The third-order valence-corrected chi connectivity index (χ3v) is 6.54. The molecule has 4 unspecified atom stereocenters. The molecule has 4 atom stereocenters. The van der Waals surface area contributed by atoms with E-state index in [1.807, 2.05) is 39.8 Å². The lowest BCUT2D eigenvalue weighted by Gasteiger charge is -2.35. The van der Waals surface area contributed by atoms with Crippen molar-refractivity contribution in [2.45, 2.75) is 118 Å². The Kier molecular flexibility index (Phi) is 11.0. The summed E-state index contributed by atoms with van der Waals surface area (Å²) in [5.74, 6) is 0.0345. The van der Waals surface area contributed by atoms with Crippen LogP contribution in [-0.2, 0) is 14.3 Å². The molecule has 0 bridgehead atoms. The molecule has 0 saturated heterocycles. The standard InChI is InChI=1S/C30H49N3O4/c1-10-11-12-13-31-27(34)26(23-16-20(4)15-21(5)17-23)33(25-18-22(25)6)28(35)24(14-19(2)3)32-29(36)37-30(7,8)9/h15-17,19,22,24-26H,10-14,18H2,1-9H3,(H,31,34)(H,32,36). The first kappa shape index (κ1) is 30.7. The number of benzene rings is 1. The molecule has 1 fully saturated rings. The molecule has 1 aromatic rings. The lowest BCUT2D eigenvalue weighted by Crippen LogP contribution is -2.54. The highest BCUT2D eigenvalue weighted by molar-refractivity contribution is 5.92. The van der Waals surface area contributed by atoms with Crippen LogP contribution in [0.4, 0.5) is 4.79 Å². The summed E-state index contributed by atoms with van der Waals surface area (Å²) < 4.78 is 5.48. The molecule has 1 aliphatic rings. The molecule has 208 valence electrons. The third-order valence-electron chi connectivity index (χ3n) is 6.54. The van der Waals surface area contributed by atoms with E-state index >= 15 is 0 Å². The Bertz CT molecular complexity index is 917. The number of nitrogens with zero attached hydrogens (tertiary/aromatic N) is 1. The maximum atomic E-state index is 14.2. The van der Waals surface area contributed by atoms with Crippen LogP contribution in [0.3, 0.4) is 0 Å². The van der Waals surface area contributed by atoms with Gasteiger partial charge in [-0.15, -0.1) is 0 Å². The van der Waals surface area contributed by atoms with Gasteiger partial charge in [0.25, 0.3) is 0 Å². The third kappa shape index (κ3) is 9.67. The Labute approximate surface area is 224 Å². The number of carbonyl (C=O) groups excluding carboxylic acids is 3. The first-order chi connectivity index (χ1) is 17.2. The van der Waals surface area contributed by atoms with Crippen LogP contribution in [0.5, 0.6) is 0 Å². The van der Waals surface area contributed by atoms with Crippen LogP contribution in [0, 0.1) is 25.7 Å². The van der Waals surface area contributed by atoms with Gasteiger partial charge in [0.1, 0.15) is 17.7 Å². The number of nitrogens with one attached hydrogen (secondary N) is 2. The molecule has 0 heterocycles. The van der Waals surface area contributed by atoms with Crippen molar-refractivity contribution in [3.05, 3.63) is 34.9 Å². The summed E-state index contributed by atoms with van der Waals surface area (Å²) in [6, 6.07) is 4.44. The van der Waals surface area contributed by atoms with E-state index in [1.54, 1.807) is 25.7 Å².